The van der Waals surface area contributed by atoms with Gasteiger partial charge in [-0.1, -0.05) is 23.4 Å². The van der Waals surface area contributed by atoms with Crippen LogP contribution < -0.4 is 5.32 Å². The molecule has 0 bridgehead atoms. The zero-order valence-corrected chi connectivity index (χ0v) is 14.0. The number of anilines is 1. The largest absolute Gasteiger partial charge is 0.356 e. The van der Waals surface area contributed by atoms with Gasteiger partial charge >= 0.3 is 0 Å². The summed E-state index contributed by atoms with van der Waals surface area (Å²) >= 11 is 0. The number of hydrogen-bond donors (Lipinski definition) is 1. The van der Waals surface area contributed by atoms with Crippen molar-refractivity contribution >= 4 is 33.5 Å². The maximum Gasteiger partial charge on any atom is 0.230 e. The number of aryl methyl sites for hydroxylation is 2. The molecule has 0 aliphatic heterocycles. The van der Waals surface area contributed by atoms with E-state index in [4.69, 9.17) is 4.52 Å². The van der Waals surface area contributed by atoms with E-state index in [-0.39, 0.29) is 12.3 Å². The highest BCUT2D eigenvalue weighted by molar-refractivity contribution is 6.01. The molecule has 0 saturated carbocycles. The Morgan fingerprint density at radius 3 is 2.80 bits per heavy atom. The molecule has 0 spiro atoms. The number of carbonyl (C=O) groups excluding carboxylic acids is 1. The van der Waals surface area contributed by atoms with Crippen LogP contribution >= 0.6 is 0 Å². The van der Waals surface area contributed by atoms with Crippen LogP contribution in [-0.2, 0) is 11.2 Å². The van der Waals surface area contributed by atoms with E-state index >= 15 is 0 Å². The Kier molecular flexibility index (Phi) is 3.69. The maximum atomic E-state index is 12.5. The van der Waals surface area contributed by atoms with E-state index < -0.39 is 0 Å². The van der Waals surface area contributed by atoms with Gasteiger partial charge in [-0.05, 0) is 49.2 Å². The van der Waals surface area contributed by atoms with E-state index in [2.05, 4.69) is 15.5 Å². The summed E-state index contributed by atoms with van der Waals surface area (Å²) in [5.74, 6) is -0.147. The zero-order chi connectivity index (χ0) is 17.4. The zero-order valence-electron chi connectivity index (χ0n) is 14.0. The number of rotatable bonds is 3. The summed E-state index contributed by atoms with van der Waals surface area (Å²) in [4.78, 5) is 16.9. The molecule has 2 aromatic carbocycles. The van der Waals surface area contributed by atoms with Crippen molar-refractivity contribution in [1.29, 1.82) is 0 Å². The van der Waals surface area contributed by atoms with Crippen LogP contribution in [-0.4, -0.2) is 16.0 Å². The minimum Gasteiger partial charge on any atom is -0.356 e. The summed E-state index contributed by atoms with van der Waals surface area (Å²) in [5.41, 5.74) is 5.11. The number of amides is 1. The molecule has 0 atom stereocenters. The average Bonchev–Trinajstić information content (AvgIpc) is 2.97. The third-order valence-electron chi connectivity index (χ3n) is 4.40. The second kappa shape index (κ2) is 6.02. The van der Waals surface area contributed by atoms with E-state index in [0.717, 1.165) is 27.4 Å². The van der Waals surface area contributed by atoms with Crippen molar-refractivity contribution in [2.75, 3.05) is 5.32 Å². The van der Waals surface area contributed by atoms with E-state index in [1.165, 1.54) is 0 Å². The Morgan fingerprint density at radius 1 is 1.12 bits per heavy atom. The van der Waals surface area contributed by atoms with Gasteiger partial charge in [0.2, 0.25) is 5.91 Å². The molecule has 2 aromatic heterocycles. The number of pyridine rings is 1. The molecule has 0 radical (unpaired) electrons. The summed E-state index contributed by atoms with van der Waals surface area (Å²) in [6.07, 6.45) is 1.87. The molecular formula is C20H17N3O2. The van der Waals surface area contributed by atoms with E-state index in [0.29, 0.717) is 17.0 Å². The van der Waals surface area contributed by atoms with Gasteiger partial charge in [0.05, 0.1) is 17.6 Å². The highest BCUT2D eigenvalue weighted by Crippen LogP contribution is 2.24. The number of hydrogen-bond acceptors (Lipinski definition) is 4. The smallest absolute Gasteiger partial charge is 0.230 e. The molecule has 1 amide bonds. The number of fused-ring (bicyclic) bond motifs is 2. The molecule has 0 aliphatic rings. The fourth-order valence-electron chi connectivity index (χ4n) is 2.92. The van der Waals surface area contributed by atoms with Gasteiger partial charge in [-0.25, -0.2) is 0 Å². The summed E-state index contributed by atoms with van der Waals surface area (Å²) in [6.45, 7) is 4.06. The van der Waals surface area contributed by atoms with Crippen molar-refractivity contribution in [3.8, 4) is 0 Å². The monoisotopic (exact) mass is 331 g/mol. The molecule has 4 rings (SSSR count). The molecule has 0 saturated heterocycles. The molecule has 0 unspecified atom stereocenters. The van der Waals surface area contributed by atoms with Crippen LogP contribution in [0.1, 0.15) is 16.8 Å². The fourth-order valence-corrected chi connectivity index (χ4v) is 2.92. The molecule has 0 fully saturated rings. The molecule has 0 aliphatic carbocycles. The highest BCUT2D eigenvalue weighted by Gasteiger charge is 2.14. The molecule has 124 valence electrons. The second-order valence-corrected chi connectivity index (χ2v) is 6.17. The first-order valence-corrected chi connectivity index (χ1v) is 8.11. The molecule has 4 aromatic rings. The topological polar surface area (TPSA) is 68.0 Å². The lowest BCUT2D eigenvalue weighted by Gasteiger charge is -2.07. The van der Waals surface area contributed by atoms with E-state index in [1.54, 1.807) is 6.20 Å². The average molecular weight is 331 g/mol. The maximum absolute atomic E-state index is 12.5. The van der Waals surface area contributed by atoms with Crippen LogP contribution in [0.5, 0.6) is 0 Å². The molecular weight excluding hydrogens is 314 g/mol. The second-order valence-electron chi connectivity index (χ2n) is 6.17. The summed E-state index contributed by atoms with van der Waals surface area (Å²) in [5, 5.41) is 8.87. The van der Waals surface area contributed by atoms with Crippen molar-refractivity contribution in [3.05, 3.63) is 65.5 Å². The van der Waals surface area contributed by atoms with Gasteiger partial charge in [-0.3, -0.25) is 9.78 Å². The van der Waals surface area contributed by atoms with Crippen LogP contribution in [0, 0.1) is 13.8 Å². The lowest BCUT2D eigenvalue weighted by molar-refractivity contribution is -0.115. The van der Waals surface area contributed by atoms with Gasteiger partial charge in [0.15, 0.2) is 5.58 Å². The lowest BCUT2D eigenvalue weighted by atomic mass is 10.1. The number of benzene rings is 2. The fraction of sp³-hybridized carbons (Fsp3) is 0.150. The van der Waals surface area contributed by atoms with Crippen LogP contribution in [0.25, 0.3) is 21.9 Å². The number of aromatic nitrogens is 2. The third-order valence-corrected chi connectivity index (χ3v) is 4.40. The minimum absolute atomic E-state index is 0.147. The Morgan fingerprint density at radius 2 is 1.92 bits per heavy atom. The molecule has 1 N–H and O–H groups in total. The minimum atomic E-state index is -0.147. The summed E-state index contributed by atoms with van der Waals surface area (Å²) < 4.78 is 5.36. The van der Waals surface area contributed by atoms with E-state index in [1.807, 2.05) is 56.3 Å². The predicted octanol–water partition coefficient (Wildman–Crippen LogP) is 4.17. The number of nitrogens with zero attached hydrogens (tertiary/aromatic N) is 2. The van der Waals surface area contributed by atoms with Crippen molar-refractivity contribution in [1.82, 2.24) is 10.1 Å². The Balaban J connectivity index is 1.61. The molecule has 5 nitrogen and oxygen atoms in total. The van der Waals surface area contributed by atoms with Crippen molar-refractivity contribution in [2.45, 2.75) is 20.3 Å². The molecule has 2 heterocycles. The number of para-hydroxylation sites is 1. The van der Waals surface area contributed by atoms with Gasteiger partial charge in [-0.2, -0.15) is 0 Å². The van der Waals surface area contributed by atoms with E-state index in [9.17, 15) is 4.79 Å². The normalized spacial score (nSPS) is 11.1. The third kappa shape index (κ3) is 2.85. The lowest BCUT2D eigenvalue weighted by Crippen LogP contribution is -2.15. The summed E-state index contributed by atoms with van der Waals surface area (Å²) in [7, 11) is 0. The van der Waals surface area contributed by atoms with Crippen LogP contribution in [0.15, 0.2) is 53.2 Å². The first-order chi connectivity index (χ1) is 12.1. The predicted molar refractivity (Wildman–Crippen MR) is 97.6 cm³/mol. The van der Waals surface area contributed by atoms with Crippen molar-refractivity contribution in [2.24, 2.45) is 0 Å². The molecule has 5 heteroatoms. The SMILES string of the molecule is Cc1cc2onc(CC(=O)Nc3cccc4cccnc34)c2cc1C. The highest BCUT2D eigenvalue weighted by atomic mass is 16.5. The van der Waals surface area contributed by atoms with Gasteiger partial charge in [0.25, 0.3) is 0 Å². The van der Waals surface area contributed by atoms with Gasteiger partial charge in [0.1, 0.15) is 5.69 Å². The van der Waals surface area contributed by atoms with Crippen molar-refractivity contribution < 1.29 is 9.32 Å². The first kappa shape index (κ1) is 15.3. The number of nitrogens with one attached hydrogen (secondary N) is 1. The Labute approximate surface area is 144 Å². The quantitative estimate of drug-likeness (QED) is 0.611. The summed E-state index contributed by atoms with van der Waals surface area (Å²) in [6, 6.07) is 13.5. The van der Waals surface area contributed by atoms with Gasteiger partial charge < -0.3 is 9.84 Å². The number of carbonyl (C=O) groups is 1. The van der Waals surface area contributed by atoms with Crippen LogP contribution in [0.2, 0.25) is 0 Å². The van der Waals surface area contributed by atoms with Crippen LogP contribution in [0.3, 0.4) is 0 Å². The Hall–Kier alpha value is -3.21. The van der Waals surface area contributed by atoms with Crippen LogP contribution in [0.4, 0.5) is 5.69 Å². The Bertz CT molecular complexity index is 1090. The standard InChI is InChI=1S/C20H17N3O2/c1-12-9-15-17(23-25-18(15)10-13(12)2)11-19(24)22-16-7-3-5-14-6-4-8-21-20(14)16/h3-10H,11H2,1-2H3,(H,22,24). The van der Waals surface area contributed by atoms with Gasteiger partial charge in [-0.15, -0.1) is 0 Å². The van der Waals surface area contributed by atoms with Crippen molar-refractivity contribution in [3.63, 3.8) is 0 Å². The first-order valence-electron chi connectivity index (χ1n) is 8.11. The molecule has 25 heavy (non-hydrogen) atoms. The van der Waals surface area contributed by atoms with Gasteiger partial charge in [0, 0.05) is 17.0 Å².